The molecule has 2 aromatic carbocycles. The van der Waals surface area contributed by atoms with Crippen LogP contribution in [-0.2, 0) is 13.0 Å². The van der Waals surface area contributed by atoms with E-state index in [9.17, 15) is 4.79 Å². The molecule has 0 aliphatic carbocycles. The summed E-state index contributed by atoms with van der Waals surface area (Å²) in [5.74, 6) is 0.458. The molecule has 2 unspecified atom stereocenters. The average Bonchev–Trinajstić information content (AvgIpc) is 3.14. The van der Waals surface area contributed by atoms with Gasteiger partial charge in [-0.15, -0.1) is 12.4 Å². The van der Waals surface area contributed by atoms with E-state index in [0.29, 0.717) is 18.0 Å². The molecule has 27 heavy (non-hydrogen) atoms. The Morgan fingerprint density at radius 3 is 2.78 bits per heavy atom. The highest BCUT2D eigenvalue weighted by atomic mass is 35.5. The molecule has 4 rings (SSSR count). The molecule has 2 aliphatic rings. The van der Waals surface area contributed by atoms with Crippen molar-refractivity contribution in [2.24, 2.45) is 0 Å². The Kier molecular flexibility index (Phi) is 5.55. The summed E-state index contributed by atoms with van der Waals surface area (Å²) in [7, 11) is 0. The first-order valence-electron chi connectivity index (χ1n) is 9.26. The molecule has 0 radical (unpaired) electrons. The van der Waals surface area contributed by atoms with E-state index in [1.807, 2.05) is 30.0 Å². The van der Waals surface area contributed by atoms with Gasteiger partial charge >= 0.3 is 0 Å². The van der Waals surface area contributed by atoms with Crippen LogP contribution in [0, 0.1) is 18.3 Å². The first-order chi connectivity index (χ1) is 12.6. The Hall–Kier alpha value is -2.35. The van der Waals surface area contributed by atoms with E-state index in [0.717, 1.165) is 36.2 Å². The summed E-state index contributed by atoms with van der Waals surface area (Å²) in [4.78, 5) is 15.4. The van der Waals surface area contributed by atoms with Gasteiger partial charge in [0.25, 0.3) is 5.91 Å². The third-order valence-corrected chi connectivity index (χ3v) is 5.70. The third-order valence-electron chi connectivity index (χ3n) is 5.70. The van der Waals surface area contributed by atoms with Gasteiger partial charge < -0.3 is 10.2 Å². The second kappa shape index (κ2) is 7.72. The van der Waals surface area contributed by atoms with Crippen LogP contribution >= 0.6 is 12.4 Å². The smallest absolute Gasteiger partial charge is 0.255 e. The molecule has 0 saturated carbocycles. The van der Waals surface area contributed by atoms with Crippen molar-refractivity contribution < 1.29 is 4.79 Å². The minimum atomic E-state index is 0. The first kappa shape index (κ1) is 19.4. The molecule has 4 nitrogen and oxygen atoms in total. The fourth-order valence-corrected chi connectivity index (χ4v) is 4.41. The van der Waals surface area contributed by atoms with Crippen LogP contribution in [-0.4, -0.2) is 29.9 Å². The molecule has 1 amide bonds. The topological polar surface area (TPSA) is 56.1 Å². The molecule has 1 saturated heterocycles. The maximum absolute atomic E-state index is 13.4. The summed E-state index contributed by atoms with van der Waals surface area (Å²) in [5, 5.41) is 12.6. The molecule has 2 atom stereocenters. The fourth-order valence-electron chi connectivity index (χ4n) is 4.41. The number of carbonyl (C=O) groups is 1. The molecule has 5 heteroatoms. The van der Waals surface area contributed by atoms with Crippen molar-refractivity contribution in [3.8, 4) is 6.07 Å². The Morgan fingerprint density at radius 1 is 1.22 bits per heavy atom. The summed E-state index contributed by atoms with van der Waals surface area (Å²) < 4.78 is 0. The van der Waals surface area contributed by atoms with Gasteiger partial charge in [-0.25, -0.2) is 0 Å². The minimum Gasteiger partial charge on any atom is -0.329 e. The molecular weight excluding hydrogens is 358 g/mol. The first-order valence-corrected chi connectivity index (χ1v) is 9.26. The van der Waals surface area contributed by atoms with Gasteiger partial charge in [-0.2, -0.15) is 5.26 Å². The lowest BCUT2D eigenvalue weighted by atomic mass is 9.81. The summed E-state index contributed by atoms with van der Waals surface area (Å²) in [6, 6.07) is 14.3. The Morgan fingerprint density at radius 2 is 2.04 bits per heavy atom. The predicted molar refractivity (Wildman–Crippen MR) is 108 cm³/mol. The number of carbonyl (C=O) groups excluding carboxylic acids is 1. The van der Waals surface area contributed by atoms with E-state index in [-0.39, 0.29) is 24.4 Å². The van der Waals surface area contributed by atoms with Crippen LogP contribution in [0.25, 0.3) is 0 Å². The number of nitriles is 1. The Labute approximate surface area is 166 Å². The second-order valence-electron chi connectivity index (χ2n) is 7.31. The van der Waals surface area contributed by atoms with Gasteiger partial charge in [-0.1, -0.05) is 31.2 Å². The zero-order valence-corrected chi connectivity index (χ0v) is 16.5. The number of rotatable bonds is 3. The molecule has 140 valence electrons. The molecule has 1 fully saturated rings. The van der Waals surface area contributed by atoms with Crippen LogP contribution in [0.15, 0.2) is 36.4 Å². The maximum Gasteiger partial charge on any atom is 0.255 e. The van der Waals surface area contributed by atoms with Crippen LogP contribution in [0.1, 0.15) is 51.0 Å². The van der Waals surface area contributed by atoms with Crippen LogP contribution in [0.2, 0.25) is 0 Å². The van der Waals surface area contributed by atoms with Gasteiger partial charge in [0.15, 0.2) is 0 Å². The zero-order chi connectivity index (χ0) is 18.3. The number of nitrogens with one attached hydrogen (secondary N) is 1. The van der Waals surface area contributed by atoms with Crippen molar-refractivity contribution in [1.82, 2.24) is 10.2 Å². The highest BCUT2D eigenvalue weighted by Crippen LogP contribution is 2.38. The van der Waals surface area contributed by atoms with Crippen LogP contribution in [0.3, 0.4) is 0 Å². The minimum absolute atomic E-state index is 0. The third kappa shape index (κ3) is 3.34. The number of hydrogen-bond donors (Lipinski definition) is 1. The van der Waals surface area contributed by atoms with E-state index in [4.69, 9.17) is 5.26 Å². The number of hydrogen-bond acceptors (Lipinski definition) is 3. The maximum atomic E-state index is 13.4. The lowest BCUT2D eigenvalue weighted by molar-refractivity contribution is 0.0629. The highest BCUT2D eigenvalue weighted by molar-refractivity contribution is 5.99. The number of nitrogens with zero attached hydrogens (tertiary/aromatic N) is 2. The Balaban J connectivity index is 0.00000210. The largest absolute Gasteiger partial charge is 0.329 e. The zero-order valence-electron chi connectivity index (χ0n) is 15.7. The van der Waals surface area contributed by atoms with Gasteiger partial charge in [-0.05, 0) is 47.7 Å². The summed E-state index contributed by atoms with van der Waals surface area (Å²) in [6.07, 6.45) is 0.984. The highest BCUT2D eigenvalue weighted by Gasteiger charge is 2.43. The van der Waals surface area contributed by atoms with Crippen molar-refractivity contribution in [3.05, 3.63) is 69.8 Å². The van der Waals surface area contributed by atoms with Gasteiger partial charge in [0.2, 0.25) is 0 Å². The second-order valence-corrected chi connectivity index (χ2v) is 7.31. The number of benzene rings is 2. The van der Waals surface area contributed by atoms with Crippen molar-refractivity contribution in [1.29, 1.82) is 5.26 Å². The fraction of sp³-hybridized carbons (Fsp3) is 0.364. The summed E-state index contributed by atoms with van der Waals surface area (Å²) >= 11 is 0. The monoisotopic (exact) mass is 381 g/mol. The molecule has 1 N–H and O–H groups in total. The van der Waals surface area contributed by atoms with Gasteiger partial charge in [0.1, 0.15) is 0 Å². The standard InChI is InChI=1S/C22H23N3O.ClH/c1-3-15-7-14(2)21-18(9-15)19-11-24-12-20(19)25(22(21)26)13-17-6-4-5-16(8-17)10-23;/h4-9,19-20,24H,3,11-13H2,1-2H3;1H. The lowest BCUT2D eigenvalue weighted by Crippen LogP contribution is -2.48. The molecule has 2 aliphatic heterocycles. The average molecular weight is 382 g/mol. The van der Waals surface area contributed by atoms with Crippen LogP contribution < -0.4 is 5.32 Å². The number of fused-ring (bicyclic) bond motifs is 3. The van der Waals surface area contributed by atoms with Gasteiger partial charge in [0, 0.05) is 31.1 Å². The van der Waals surface area contributed by atoms with E-state index >= 15 is 0 Å². The van der Waals surface area contributed by atoms with Crippen molar-refractivity contribution in [3.63, 3.8) is 0 Å². The number of amides is 1. The van der Waals surface area contributed by atoms with E-state index in [1.54, 1.807) is 6.07 Å². The summed E-state index contributed by atoms with van der Waals surface area (Å²) in [6.45, 7) is 6.48. The Bertz CT molecular complexity index is 918. The van der Waals surface area contributed by atoms with Crippen molar-refractivity contribution in [2.45, 2.75) is 38.8 Å². The van der Waals surface area contributed by atoms with Crippen molar-refractivity contribution in [2.75, 3.05) is 13.1 Å². The van der Waals surface area contributed by atoms with Gasteiger partial charge in [0.05, 0.1) is 17.7 Å². The number of aryl methyl sites for hydroxylation is 2. The molecular formula is C22H24ClN3O. The SMILES string of the molecule is CCc1cc(C)c2c(c1)C1CNCC1N(Cc1cccc(C#N)c1)C2=O.Cl. The van der Waals surface area contributed by atoms with E-state index in [1.165, 1.54) is 11.1 Å². The molecule has 2 aromatic rings. The molecule has 2 heterocycles. The lowest BCUT2D eigenvalue weighted by Gasteiger charge is -2.39. The van der Waals surface area contributed by atoms with Crippen molar-refractivity contribution >= 4 is 18.3 Å². The van der Waals surface area contributed by atoms with Crippen LogP contribution in [0.4, 0.5) is 0 Å². The molecule has 0 aromatic heterocycles. The van der Waals surface area contributed by atoms with Crippen LogP contribution in [0.5, 0.6) is 0 Å². The number of halogens is 1. The quantitative estimate of drug-likeness (QED) is 0.884. The molecule has 0 spiro atoms. The van der Waals surface area contributed by atoms with E-state index in [2.05, 4.69) is 30.4 Å². The van der Waals surface area contributed by atoms with E-state index < -0.39 is 0 Å². The predicted octanol–water partition coefficient (Wildman–Crippen LogP) is 3.56. The van der Waals surface area contributed by atoms with Gasteiger partial charge in [-0.3, -0.25) is 4.79 Å². The molecule has 0 bridgehead atoms. The normalized spacial score (nSPS) is 20.5. The summed E-state index contributed by atoms with van der Waals surface area (Å²) in [5.41, 5.74) is 6.11.